The molecule has 0 atom stereocenters. The number of hydrogen-bond acceptors (Lipinski definition) is 5. The van der Waals surface area contributed by atoms with Gasteiger partial charge >= 0.3 is 5.97 Å². The van der Waals surface area contributed by atoms with Gasteiger partial charge in [-0.2, -0.15) is 0 Å². The van der Waals surface area contributed by atoms with Gasteiger partial charge < -0.3 is 18.9 Å². The number of carbonyl (C=O) groups excluding carboxylic acids is 1. The van der Waals surface area contributed by atoms with E-state index in [1.54, 1.807) is 33.9 Å². The Morgan fingerprint density at radius 1 is 1.15 bits per heavy atom. The third-order valence-electron chi connectivity index (χ3n) is 2.82. The van der Waals surface area contributed by atoms with Crippen LogP contribution in [0.4, 0.5) is 0 Å². The van der Waals surface area contributed by atoms with Crippen LogP contribution in [0.2, 0.25) is 0 Å². The molecule has 0 aliphatic heterocycles. The first-order chi connectivity index (χ1) is 9.37. The number of rotatable bonds is 6. The SMILES string of the molecule is CCOC(=O)C(C)(C)Oc1c(C)ccc(OC)c1OC. The number of ether oxygens (including phenoxy) is 4. The quantitative estimate of drug-likeness (QED) is 0.751. The summed E-state index contributed by atoms with van der Waals surface area (Å²) in [5.41, 5.74) is -0.263. The Labute approximate surface area is 119 Å². The van der Waals surface area contributed by atoms with Gasteiger partial charge in [-0.3, -0.25) is 0 Å². The Hall–Kier alpha value is -1.91. The molecule has 0 aromatic heterocycles. The summed E-state index contributed by atoms with van der Waals surface area (Å²) in [4.78, 5) is 11.9. The fourth-order valence-electron chi connectivity index (χ4n) is 1.73. The molecule has 5 heteroatoms. The van der Waals surface area contributed by atoms with Crippen molar-refractivity contribution in [1.82, 2.24) is 0 Å². The second-order valence-electron chi connectivity index (χ2n) is 4.78. The van der Waals surface area contributed by atoms with Crippen molar-refractivity contribution in [3.8, 4) is 17.2 Å². The normalized spacial score (nSPS) is 10.9. The molecule has 0 N–H and O–H groups in total. The highest BCUT2D eigenvalue weighted by Gasteiger charge is 2.33. The molecular formula is C15H22O5. The number of carbonyl (C=O) groups is 1. The summed E-state index contributed by atoms with van der Waals surface area (Å²) < 4.78 is 21.4. The highest BCUT2D eigenvalue weighted by atomic mass is 16.6. The molecule has 0 unspecified atom stereocenters. The molecule has 0 bridgehead atoms. The number of methoxy groups -OCH3 is 2. The van der Waals surface area contributed by atoms with Crippen molar-refractivity contribution in [2.75, 3.05) is 20.8 Å². The summed E-state index contributed by atoms with van der Waals surface area (Å²) in [6.45, 7) is 7.25. The van der Waals surface area contributed by atoms with Crippen molar-refractivity contribution in [3.05, 3.63) is 17.7 Å². The molecule has 0 fully saturated rings. The second-order valence-corrected chi connectivity index (χ2v) is 4.78. The van der Waals surface area contributed by atoms with Crippen molar-refractivity contribution in [2.45, 2.75) is 33.3 Å². The van der Waals surface area contributed by atoms with E-state index < -0.39 is 11.6 Å². The molecule has 0 amide bonds. The Bertz CT molecular complexity index is 479. The van der Waals surface area contributed by atoms with Crippen LogP contribution in [-0.4, -0.2) is 32.4 Å². The van der Waals surface area contributed by atoms with Crippen LogP contribution in [0, 0.1) is 6.92 Å². The minimum absolute atomic E-state index is 0.305. The van der Waals surface area contributed by atoms with E-state index in [2.05, 4.69) is 0 Å². The second kappa shape index (κ2) is 6.50. The molecule has 5 nitrogen and oxygen atoms in total. The van der Waals surface area contributed by atoms with Crippen LogP contribution in [0.5, 0.6) is 17.2 Å². The zero-order chi connectivity index (χ0) is 15.3. The van der Waals surface area contributed by atoms with Gasteiger partial charge in [0, 0.05) is 0 Å². The van der Waals surface area contributed by atoms with Crippen LogP contribution in [0.25, 0.3) is 0 Å². The van der Waals surface area contributed by atoms with E-state index in [0.29, 0.717) is 23.9 Å². The summed E-state index contributed by atoms with van der Waals surface area (Å²) >= 11 is 0. The Kier molecular flexibility index (Phi) is 5.25. The predicted octanol–water partition coefficient (Wildman–Crippen LogP) is 2.73. The molecule has 20 heavy (non-hydrogen) atoms. The summed E-state index contributed by atoms with van der Waals surface area (Å²) in [6, 6.07) is 3.64. The average molecular weight is 282 g/mol. The molecule has 0 spiro atoms. The first-order valence-electron chi connectivity index (χ1n) is 6.45. The van der Waals surface area contributed by atoms with Gasteiger partial charge in [0.15, 0.2) is 17.1 Å². The van der Waals surface area contributed by atoms with E-state index in [1.807, 2.05) is 13.0 Å². The van der Waals surface area contributed by atoms with Crippen LogP contribution in [0.1, 0.15) is 26.3 Å². The zero-order valence-corrected chi connectivity index (χ0v) is 12.9. The molecule has 0 radical (unpaired) electrons. The molecule has 1 rings (SSSR count). The van der Waals surface area contributed by atoms with Crippen LogP contribution in [0.15, 0.2) is 12.1 Å². The van der Waals surface area contributed by atoms with Gasteiger partial charge in [0.2, 0.25) is 5.75 Å². The van der Waals surface area contributed by atoms with Crippen LogP contribution >= 0.6 is 0 Å². The lowest BCUT2D eigenvalue weighted by atomic mass is 10.1. The van der Waals surface area contributed by atoms with E-state index in [0.717, 1.165) is 5.56 Å². The maximum Gasteiger partial charge on any atom is 0.349 e. The lowest BCUT2D eigenvalue weighted by Gasteiger charge is -2.26. The van der Waals surface area contributed by atoms with Gasteiger partial charge in [0.1, 0.15) is 0 Å². The molecule has 1 aromatic carbocycles. The summed E-state index contributed by atoms with van der Waals surface area (Å²) in [6.07, 6.45) is 0. The molecule has 0 aliphatic rings. The summed E-state index contributed by atoms with van der Waals surface area (Å²) in [5.74, 6) is 1.06. The summed E-state index contributed by atoms with van der Waals surface area (Å²) in [7, 11) is 3.08. The molecule has 0 saturated carbocycles. The fraction of sp³-hybridized carbons (Fsp3) is 0.533. The fourth-order valence-corrected chi connectivity index (χ4v) is 1.73. The van der Waals surface area contributed by atoms with Crippen molar-refractivity contribution in [1.29, 1.82) is 0 Å². The van der Waals surface area contributed by atoms with E-state index in [9.17, 15) is 4.79 Å². The van der Waals surface area contributed by atoms with Crippen molar-refractivity contribution in [3.63, 3.8) is 0 Å². The Balaban J connectivity index is 3.16. The average Bonchev–Trinajstić information content (AvgIpc) is 2.40. The smallest absolute Gasteiger partial charge is 0.349 e. The van der Waals surface area contributed by atoms with Crippen LogP contribution in [-0.2, 0) is 9.53 Å². The molecule has 112 valence electrons. The van der Waals surface area contributed by atoms with Gasteiger partial charge in [0.05, 0.1) is 20.8 Å². The van der Waals surface area contributed by atoms with E-state index in [1.165, 1.54) is 7.11 Å². The maximum atomic E-state index is 11.9. The van der Waals surface area contributed by atoms with Crippen molar-refractivity contribution < 1.29 is 23.7 Å². The van der Waals surface area contributed by atoms with Gasteiger partial charge in [-0.25, -0.2) is 4.79 Å². The van der Waals surface area contributed by atoms with E-state index in [4.69, 9.17) is 18.9 Å². The molecule has 0 heterocycles. The minimum atomic E-state index is -1.11. The van der Waals surface area contributed by atoms with Crippen molar-refractivity contribution >= 4 is 5.97 Å². The molecule has 1 aromatic rings. The maximum absolute atomic E-state index is 11.9. The van der Waals surface area contributed by atoms with Gasteiger partial charge in [0.25, 0.3) is 0 Å². The topological polar surface area (TPSA) is 54.0 Å². The zero-order valence-electron chi connectivity index (χ0n) is 12.9. The van der Waals surface area contributed by atoms with Gasteiger partial charge in [-0.1, -0.05) is 6.07 Å². The monoisotopic (exact) mass is 282 g/mol. The minimum Gasteiger partial charge on any atom is -0.493 e. The number of hydrogen-bond donors (Lipinski definition) is 0. The largest absolute Gasteiger partial charge is 0.493 e. The predicted molar refractivity (Wildman–Crippen MR) is 75.6 cm³/mol. The highest BCUT2D eigenvalue weighted by Crippen LogP contribution is 2.41. The third kappa shape index (κ3) is 3.35. The van der Waals surface area contributed by atoms with E-state index >= 15 is 0 Å². The lowest BCUT2D eigenvalue weighted by molar-refractivity contribution is -0.158. The number of aryl methyl sites for hydroxylation is 1. The third-order valence-corrected chi connectivity index (χ3v) is 2.82. The molecule has 0 saturated heterocycles. The van der Waals surface area contributed by atoms with Crippen LogP contribution in [0.3, 0.4) is 0 Å². The van der Waals surface area contributed by atoms with Crippen LogP contribution < -0.4 is 14.2 Å². The number of benzene rings is 1. The Morgan fingerprint density at radius 3 is 2.30 bits per heavy atom. The standard InChI is InChI=1S/C15H22O5/c1-7-19-14(16)15(3,4)20-12-10(2)8-9-11(17-5)13(12)18-6/h8-9H,7H2,1-6H3. The first-order valence-corrected chi connectivity index (χ1v) is 6.45. The lowest BCUT2D eigenvalue weighted by Crippen LogP contribution is -2.40. The highest BCUT2D eigenvalue weighted by molar-refractivity contribution is 5.79. The first kappa shape index (κ1) is 16.1. The molecular weight excluding hydrogens is 260 g/mol. The molecule has 0 aliphatic carbocycles. The van der Waals surface area contributed by atoms with Gasteiger partial charge in [-0.05, 0) is 39.3 Å². The summed E-state index contributed by atoms with van der Waals surface area (Å²) in [5, 5.41) is 0. The number of esters is 1. The van der Waals surface area contributed by atoms with Gasteiger partial charge in [-0.15, -0.1) is 0 Å². The Morgan fingerprint density at radius 2 is 1.80 bits per heavy atom. The van der Waals surface area contributed by atoms with Crippen molar-refractivity contribution in [2.24, 2.45) is 0 Å². The van der Waals surface area contributed by atoms with E-state index in [-0.39, 0.29) is 0 Å².